The Labute approximate surface area is 87.2 Å². The Morgan fingerprint density at radius 1 is 1.14 bits per heavy atom. The van der Waals surface area contributed by atoms with Crippen molar-refractivity contribution in [2.45, 2.75) is 57.5 Å². The number of nitrogens with two attached hydrogens (primary N) is 1. The van der Waals surface area contributed by atoms with Gasteiger partial charge in [-0.15, -0.1) is 0 Å². The second-order valence-electron chi connectivity index (χ2n) is 5.10. The van der Waals surface area contributed by atoms with Gasteiger partial charge >= 0.3 is 0 Å². The van der Waals surface area contributed by atoms with E-state index in [1.165, 1.54) is 51.4 Å². The molecule has 0 amide bonds. The Kier molecular flexibility index (Phi) is 3.45. The molecule has 1 atom stereocenters. The van der Waals surface area contributed by atoms with Crippen LogP contribution in [0.2, 0.25) is 0 Å². The number of rotatable bonds is 3. The third-order valence-corrected chi connectivity index (χ3v) is 4.03. The third kappa shape index (κ3) is 2.29. The van der Waals surface area contributed by atoms with E-state index in [-0.39, 0.29) is 0 Å². The SMILES string of the molecule is NCC1(CC2CCCO2)CCCCC1. The van der Waals surface area contributed by atoms with Crippen molar-refractivity contribution in [2.75, 3.05) is 13.2 Å². The monoisotopic (exact) mass is 197 g/mol. The predicted molar refractivity (Wildman–Crippen MR) is 58.2 cm³/mol. The molecule has 2 N–H and O–H groups in total. The van der Waals surface area contributed by atoms with Crippen molar-refractivity contribution in [1.82, 2.24) is 0 Å². The Bertz CT molecular complexity index is 169. The van der Waals surface area contributed by atoms with Gasteiger partial charge in [-0.05, 0) is 44.1 Å². The van der Waals surface area contributed by atoms with Gasteiger partial charge in [0, 0.05) is 6.61 Å². The first kappa shape index (κ1) is 10.4. The van der Waals surface area contributed by atoms with Crippen molar-refractivity contribution in [3.63, 3.8) is 0 Å². The average Bonchev–Trinajstić information content (AvgIpc) is 2.72. The van der Waals surface area contributed by atoms with Crippen LogP contribution >= 0.6 is 0 Å². The molecule has 2 rings (SSSR count). The van der Waals surface area contributed by atoms with E-state index in [9.17, 15) is 0 Å². The molecule has 0 aromatic rings. The van der Waals surface area contributed by atoms with Crippen molar-refractivity contribution in [3.05, 3.63) is 0 Å². The molecule has 0 aromatic heterocycles. The van der Waals surface area contributed by atoms with Gasteiger partial charge in [-0.2, -0.15) is 0 Å². The van der Waals surface area contributed by atoms with E-state index in [0.717, 1.165) is 13.2 Å². The zero-order valence-corrected chi connectivity index (χ0v) is 9.13. The summed E-state index contributed by atoms with van der Waals surface area (Å²) in [6.45, 7) is 1.85. The first-order chi connectivity index (χ1) is 6.85. The van der Waals surface area contributed by atoms with Crippen LogP contribution in [0.5, 0.6) is 0 Å². The van der Waals surface area contributed by atoms with Crippen molar-refractivity contribution in [1.29, 1.82) is 0 Å². The van der Waals surface area contributed by atoms with E-state index in [4.69, 9.17) is 10.5 Å². The van der Waals surface area contributed by atoms with Crippen LogP contribution in [0.3, 0.4) is 0 Å². The quantitative estimate of drug-likeness (QED) is 0.754. The van der Waals surface area contributed by atoms with E-state index in [1.54, 1.807) is 0 Å². The summed E-state index contributed by atoms with van der Waals surface area (Å²) in [7, 11) is 0. The van der Waals surface area contributed by atoms with Gasteiger partial charge in [0.25, 0.3) is 0 Å². The molecule has 1 aliphatic carbocycles. The highest BCUT2D eigenvalue weighted by Crippen LogP contribution is 2.41. The van der Waals surface area contributed by atoms with Crippen LogP contribution in [0.4, 0.5) is 0 Å². The summed E-state index contributed by atoms with van der Waals surface area (Å²) in [5.74, 6) is 0. The minimum atomic E-state index is 0.438. The molecule has 14 heavy (non-hydrogen) atoms. The lowest BCUT2D eigenvalue weighted by Crippen LogP contribution is -2.36. The molecule has 1 aliphatic heterocycles. The summed E-state index contributed by atoms with van der Waals surface area (Å²) in [5, 5.41) is 0. The molecule has 0 bridgehead atoms. The van der Waals surface area contributed by atoms with Gasteiger partial charge in [0.2, 0.25) is 0 Å². The van der Waals surface area contributed by atoms with Crippen LogP contribution in [0.15, 0.2) is 0 Å². The molecule has 2 nitrogen and oxygen atoms in total. The van der Waals surface area contributed by atoms with Gasteiger partial charge < -0.3 is 10.5 Å². The second-order valence-corrected chi connectivity index (χ2v) is 5.10. The smallest absolute Gasteiger partial charge is 0.0581 e. The molecule has 1 unspecified atom stereocenters. The van der Waals surface area contributed by atoms with Crippen LogP contribution in [-0.4, -0.2) is 19.3 Å². The van der Waals surface area contributed by atoms with Gasteiger partial charge in [0.15, 0.2) is 0 Å². The highest BCUT2D eigenvalue weighted by atomic mass is 16.5. The van der Waals surface area contributed by atoms with E-state index >= 15 is 0 Å². The molecule has 82 valence electrons. The molecular formula is C12H23NO. The molecule has 0 aromatic carbocycles. The largest absolute Gasteiger partial charge is 0.378 e. The van der Waals surface area contributed by atoms with Gasteiger partial charge in [0.05, 0.1) is 6.10 Å². The van der Waals surface area contributed by atoms with Gasteiger partial charge in [0.1, 0.15) is 0 Å². The second kappa shape index (κ2) is 4.63. The molecule has 0 spiro atoms. The first-order valence-corrected chi connectivity index (χ1v) is 6.16. The van der Waals surface area contributed by atoms with E-state index in [1.807, 2.05) is 0 Å². The number of ether oxygens (including phenoxy) is 1. The first-order valence-electron chi connectivity index (χ1n) is 6.16. The van der Waals surface area contributed by atoms with Gasteiger partial charge in [-0.25, -0.2) is 0 Å². The maximum Gasteiger partial charge on any atom is 0.0581 e. The van der Waals surface area contributed by atoms with E-state index < -0.39 is 0 Å². The van der Waals surface area contributed by atoms with Crippen LogP contribution in [0, 0.1) is 5.41 Å². The lowest BCUT2D eigenvalue weighted by molar-refractivity contribution is 0.0470. The molecule has 2 heteroatoms. The van der Waals surface area contributed by atoms with Crippen molar-refractivity contribution in [2.24, 2.45) is 11.1 Å². The maximum atomic E-state index is 5.96. The third-order valence-electron chi connectivity index (χ3n) is 4.03. The molecule has 1 saturated heterocycles. The molecule has 2 aliphatic rings. The average molecular weight is 197 g/mol. The normalized spacial score (nSPS) is 31.9. The molecule has 0 radical (unpaired) electrons. The minimum absolute atomic E-state index is 0.438. The standard InChI is InChI=1S/C12H23NO/c13-10-12(6-2-1-3-7-12)9-11-5-4-8-14-11/h11H,1-10,13H2. The summed E-state index contributed by atoms with van der Waals surface area (Å²) in [4.78, 5) is 0. The summed E-state index contributed by atoms with van der Waals surface area (Å²) < 4.78 is 5.73. The Morgan fingerprint density at radius 2 is 1.93 bits per heavy atom. The van der Waals surface area contributed by atoms with Crippen LogP contribution in [0.25, 0.3) is 0 Å². The zero-order chi connectivity index (χ0) is 9.86. The van der Waals surface area contributed by atoms with Crippen LogP contribution < -0.4 is 5.73 Å². The summed E-state index contributed by atoms with van der Waals surface area (Å²) in [6, 6.07) is 0. The maximum absolute atomic E-state index is 5.96. The van der Waals surface area contributed by atoms with Crippen LogP contribution in [0.1, 0.15) is 51.4 Å². The lowest BCUT2D eigenvalue weighted by atomic mass is 9.70. The summed E-state index contributed by atoms with van der Waals surface area (Å²) >= 11 is 0. The Balaban J connectivity index is 1.89. The fourth-order valence-corrected chi connectivity index (χ4v) is 3.08. The topological polar surface area (TPSA) is 35.2 Å². The van der Waals surface area contributed by atoms with Crippen LogP contribution in [-0.2, 0) is 4.74 Å². The molecular weight excluding hydrogens is 174 g/mol. The summed E-state index contributed by atoms with van der Waals surface area (Å²) in [5.41, 5.74) is 6.40. The number of hydrogen-bond donors (Lipinski definition) is 1. The Hall–Kier alpha value is -0.0800. The molecule has 1 heterocycles. The summed E-state index contributed by atoms with van der Waals surface area (Å²) in [6.07, 6.45) is 11.1. The zero-order valence-electron chi connectivity index (χ0n) is 9.13. The van der Waals surface area contributed by atoms with Gasteiger partial charge in [-0.3, -0.25) is 0 Å². The highest BCUT2D eigenvalue weighted by Gasteiger charge is 2.34. The van der Waals surface area contributed by atoms with Crippen molar-refractivity contribution < 1.29 is 4.74 Å². The fraction of sp³-hybridized carbons (Fsp3) is 1.00. The number of hydrogen-bond acceptors (Lipinski definition) is 2. The van der Waals surface area contributed by atoms with Gasteiger partial charge in [-0.1, -0.05) is 19.3 Å². The highest BCUT2D eigenvalue weighted by molar-refractivity contribution is 4.87. The van der Waals surface area contributed by atoms with E-state index in [0.29, 0.717) is 11.5 Å². The molecule has 2 fully saturated rings. The predicted octanol–water partition coefficient (Wildman–Crippen LogP) is 2.46. The van der Waals surface area contributed by atoms with Crippen molar-refractivity contribution >= 4 is 0 Å². The fourth-order valence-electron chi connectivity index (χ4n) is 3.08. The minimum Gasteiger partial charge on any atom is -0.378 e. The lowest BCUT2D eigenvalue weighted by Gasteiger charge is -2.38. The van der Waals surface area contributed by atoms with Crippen molar-refractivity contribution in [3.8, 4) is 0 Å². The van der Waals surface area contributed by atoms with E-state index in [2.05, 4.69) is 0 Å². The molecule has 1 saturated carbocycles. The Morgan fingerprint density at radius 3 is 2.50 bits per heavy atom.